The molecule has 0 N–H and O–H groups in total. The molecule has 0 aliphatic carbocycles. The van der Waals surface area contributed by atoms with E-state index in [2.05, 4.69) is 15.9 Å². The van der Waals surface area contributed by atoms with Gasteiger partial charge in [-0.1, -0.05) is 15.9 Å². The number of alkyl halides is 1. The monoisotopic (exact) mass is 329 g/mol. The van der Waals surface area contributed by atoms with E-state index < -0.39 is 10.0 Å². The van der Waals surface area contributed by atoms with Crippen LogP contribution in [0.5, 0.6) is 0 Å². The molecule has 0 spiro atoms. The van der Waals surface area contributed by atoms with Crippen LogP contribution in [0, 0.1) is 0 Å². The third kappa shape index (κ3) is 7.39. The Kier molecular flexibility index (Phi) is 8.63. The quantitative estimate of drug-likeness (QED) is 0.609. The highest BCUT2D eigenvalue weighted by Crippen LogP contribution is 2.09. The minimum absolute atomic E-state index is 0.00176. The molecule has 0 fully saturated rings. The molecule has 0 heterocycles. The van der Waals surface area contributed by atoms with Gasteiger partial charge in [-0.2, -0.15) is 4.31 Å². The Morgan fingerprint density at radius 3 is 2.24 bits per heavy atom. The van der Waals surface area contributed by atoms with E-state index in [9.17, 15) is 8.42 Å². The van der Waals surface area contributed by atoms with Crippen molar-refractivity contribution in [1.82, 2.24) is 4.31 Å². The van der Waals surface area contributed by atoms with E-state index in [-0.39, 0.29) is 24.5 Å². The van der Waals surface area contributed by atoms with Crippen molar-refractivity contribution in [1.29, 1.82) is 0 Å². The fourth-order valence-electron chi connectivity index (χ4n) is 1.44. The van der Waals surface area contributed by atoms with Gasteiger partial charge in [-0.15, -0.1) is 0 Å². The Morgan fingerprint density at radius 1 is 1.24 bits per heavy atom. The predicted molar refractivity (Wildman–Crippen MR) is 75.1 cm³/mol. The fourth-order valence-corrected chi connectivity index (χ4v) is 3.28. The van der Waals surface area contributed by atoms with Crippen LogP contribution in [-0.2, 0) is 14.8 Å². The average molecular weight is 330 g/mol. The molecule has 0 aliphatic heterocycles. The summed E-state index contributed by atoms with van der Waals surface area (Å²) in [6.07, 6.45) is 0.892. The lowest BCUT2D eigenvalue weighted by atomic mass is 10.4. The summed E-state index contributed by atoms with van der Waals surface area (Å²) >= 11 is 3.32. The summed E-state index contributed by atoms with van der Waals surface area (Å²) in [6.45, 7) is 8.42. The Hall–Kier alpha value is 0.350. The average Bonchev–Trinajstić information content (AvgIpc) is 2.16. The Labute approximate surface area is 114 Å². The second kappa shape index (κ2) is 8.45. The molecule has 0 atom stereocenters. The molecule has 0 aliphatic rings. The van der Waals surface area contributed by atoms with Gasteiger partial charge in [0, 0.05) is 17.9 Å². The van der Waals surface area contributed by atoms with Crippen LogP contribution in [0.3, 0.4) is 0 Å². The molecule has 6 heteroatoms. The van der Waals surface area contributed by atoms with Crippen LogP contribution < -0.4 is 0 Å². The second-order valence-electron chi connectivity index (χ2n) is 4.48. The smallest absolute Gasteiger partial charge is 0.216 e. The summed E-state index contributed by atoms with van der Waals surface area (Å²) in [5.74, 6) is 0.0612. The largest absolute Gasteiger partial charge is 0.378 e. The maximum atomic E-state index is 12.1. The van der Waals surface area contributed by atoms with Gasteiger partial charge in [0.15, 0.2) is 0 Å². The summed E-state index contributed by atoms with van der Waals surface area (Å²) in [6, 6.07) is -0.00176. The molecule has 4 nitrogen and oxygen atoms in total. The van der Waals surface area contributed by atoms with E-state index in [1.165, 1.54) is 0 Å². The van der Waals surface area contributed by atoms with Gasteiger partial charge in [0.2, 0.25) is 10.0 Å². The summed E-state index contributed by atoms with van der Waals surface area (Å²) in [4.78, 5) is 0. The van der Waals surface area contributed by atoms with Gasteiger partial charge < -0.3 is 4.74 Å². The molecule has 0 rings (SSSR count). The zero-order chi connectivity index (χ0) is 13.5. The van der Waals surface area contributed by atoms with E-state index in [1.54, 1.807) is 4.31 Å². The number of halogens is 1. The molecule has 0 aromatic heterocycles. The van der Waals surface area contributed by atoms with Gasteiger partial charge in [0.05, 0.1) is 18.5 Å². The van der Waals surface area contributed by atoms with E-state index >= 15 is 0 Å². The maximum Gasteiger partial charge on any atom is 0.216 e. The zero-order valence-electron chi connectivity index (χ0n) is 11.1. The van der Waals surface area contributed by atoms with E-state index in [0.717, 1.165) is 11.8 Å². The van der Waals surface area contributed by atoms with Gasteiger partial charge in [-0.05, 0) is 34.1 Å². The molecular formula is C11H24BrNO3S. The fraction of sp³-hybridized carbons (Fsp3) is 1.00. The molecular weight excluding hydrogens is 306 g/mol. The first kappa shape index (κ1) is 17.4. The van der Waals surface area contributed by atoms with Crippen molar-refractivity contribution in [2.45, 2.75) is 46.3 Å². The number of sulfonamides is 1. The Morgan fingerprint density at radius 2 is 1.82 bits per heavy atom. The van der Waals surface area contributed by atoms with Crippen LogP contribution in [0.4, 0.5) is 0 Å². The van der Waals surface area contributed by atoms with Crippen LogP contribution in [0.1, 0.15) is 34.1 Å². The third-order valence-electron chi connectivity index (χ3n) is 2.24. The molecule has 0 saturated carbocycles. The molecule has 0 bridgehead atoms. The first-order chi connectivity index (χ1) is 7.81. The molecule has 0 unspecified atom stereocenters. The van der Waals surface area contributed by atoms with Crippen molar-refractivity contribution < 1.29 is 13.2 Å². The predicted octanol–water partition coefficient (Wildman–Crippen LogP) is 2.24. The number of ether oxygens (including phenoxy) is 1. The summed E-state index contributed by atoms with van der Waals surface area (Å²) in [5.41, 5.74) is 0. The highest BCUT2D eigenvalue weighted by atomic mass is 79.9. The van der Waals surface area contributed by atoms with Crippen LogP contribution in [0.25, 0.3) is 0 Å². The first-order valence-corrected chi connectivity index (χ1v) is 8.71. The SMILES string of the molecule is CC(C)OCCS(=O)(=O)N(CCCBr)C(C)C. The normalized spacial score (nSPS) is 12.9. The zero-order valence-corrected chi connectivity index (χ0v) is 13.6. The van der Waals surface area contributed by atoms with Crippen molar-refractivity contribution >= 4 is 26.0 Å². The van der Waals surface area contributed by atoms with Crippen molar-refractivity contribution in [3.8, 4) is 0 Å². The van der Waals surface area contributed by atoms with Crippen LogP contribution in [0.2, 0.25) is 0 Å². The van der Waals surface area contributed by atoms with Gasteiger partial charge in [0.25, 0.3) is 0 Å². The lowest BCUT2D eigenvalue weighted by Gasteiger charge is -2.25. The summed E-state index contributed by atoms with van der Waals surface area (Å²) in [7, 11) is -3.20. The lowest BCUT2D eigenvalue weighted by molar-refractivity contribution is 0.0905. The molecule has 0 aromatic carbocycles. The van der Waals surface area contributed by atoms with Gasteiger partial charge in [0.1, 0.15) is 0 Å². The summed E-state index contributed by atoms with van der Waals surface area (Å²) < 4.78 is 31.0. The molecule has 0 amide bonds. The minimum Gasteiger partial charge on any atom is -0.378 e. The number of hydrogen-bond acceptors (Lipinski definition) is 3. The number of rotatable bonds is 9. The van der Waals surface area contributed by atoms with Crippen LogP contribution in [-0.4, -0.2) is 49.1 Å². The first-order valence-electron chi connectivity index (χ1n) is 5.98. The van der Waals surface area contributed by atoms with E-state index in [4.69, 9.17) is 4.74 Å². The van der Waals surface area contributed by atoms with Gasteiger partial charge in [-0.3, -0.25) is 0 Å². The van der Waals surface area contributed by atoms with Crippen molar-refractivity contribution in [2.24, 2.45) is 0 Å². The highest BCUT2D eigenvalue weighted by Gasteiger charge is 2.24. The minimum atomic E-state index is -3.20. The Balaban J connectivity index is 4.39. The number of hydrogen-bond donors (Lipinski definition) is 0. The van der Waals surface area contributed by atoms with Crippen LogP contribution >= 0.6 is 15.9 Å². The highest BCUT2D eigenvalue weighted by molar-refractivity contribution is 9.09. The van der Waals surface area contributed by atoms with Crippen molar-refractivity contribution in [3.63, 3.8) is 0 Å². The molecule has 0 saturated heterocycles. The Bertz CT molecular complexity index is 291. The molecule has 17 heavy (non-hydrogen) atoms. The standard InChI is InChI=1S/C11H24BrNO3S/c1-10(2)13(7-5-6-12)17(14,15)9-8-16-11(3)4/h10-11H,5-9H2,1-4H3. The summed E-state index contributed by atoms with van der Waals surface area (Å²) in [5, 5.41) is 0.814. The van der Waals surface area contributed by atoms with Crippen molar-refractivity contribution in [3.05, 3.63) is 0 Å². The van der Waals surface area contributed by atoms with E-state index in [1.807, 2.05) is 27.7 Å². The van der Waals surface area contributed by atoms with E-state index in [0.29, 0.717) is 6.54 Å². The molecule has 104 valence electrons. The number of nitrogens with zero attached hydrogens (tertiary/aromatic N) is 1. The third-order valence-corrected chi connectivity index (χ3v) is 4.80. The van der Waals surface area contributed by atoms with Crippen LogP contribution in [0.15, 0.2) is 0 Å². The molecule has 0 radical (unpaired) electrons. The maximum absolute atomic E-state index is 12.1. The van der Waals surface area contributed by atoms with Gasteiger partial charge >= 0.3 is 0 Å². The second-order valence-corrected chi connectivity index (χ2v) is 7.32. The molecule has 0 aromatic rings. The van der Waals surface area contributed by atoms with Crippen molar-refractivity contribution in [2.75, 3.05) is 24.2 Å². The van der Waals surface area contributed by atoms with Gasteiger partial charge in [-0.25, -0.2) is 8.42 Å². The lowest BCUT2D eigenvalue weighted by Crippen LogP contribution is -2.40. The topological polar surface area (TPSA) is 46.6 Å².